The number of pyridine rings is 1. The summed E-state index contributed by atoms with van der Waals surface area (Å²) in [6.45, 7) is 5.26. The topological polar surface area (TPSA) is 102 Å². The van der Waals surface area contributed by atoms with Crippen molar-refractivity contribution in [1.29, 1.82) is 0 Å². The van der Waals surface area contributed by atoms with Crippen molar-refractivity contribution < 1.29 is 18.7 Å². The molecule has 3 heterocycles. The molecule has 1 aliphatic rings. The molecule has 1 amide bonds. The molecule has 1 saturated heterocycles. The maximum atomic E-state index is 13.9. The van der Waals surface area contributed by atoms with Crippen molar-refractivity contribution in [3.63, 3.8) is 0 Å². The number of hydrogen-bond donors (Lipinski definition) is 2. The number of likely N-dealkylation sites (N-methyl/N-ethyl adjacent to an activating group) is 1. The maximum Gasteiger partial charge on any atom is 0.247 e. The van der Waals surface area contributed by atoms with E-state index < -0.39 is 0 Å². The van der Waals surface area contributed by atoms with Crippen LogP contribution in [0.25, 0.3) is 22.2 Å². The highest BCUT2D eigenvalue weighted by molar-refractivity contribution is 6.00. The van der Waals surface area contributed by atoms with Crippen LogP contribution in [0.4, 0.5) is 21.7 Å². The average molecular weight is 515 g/mol. The van der Waals surface area contributed by atoms with E-state index in [4.69, 9.17) is 9.47 Å². The molecule has 5 rings (SSSR count). The van der Waals surface area contributed by atoms with Gasteiger partial charge in [-0.15, -0.1) is 0 Å². The number of rotatable bonds is 8. The van der Waals surface area contributed by atoms with Crippen molar-refractivity contribution >= 4 is 34.1 Å². The highest BCUT2D eigenvalue weighted by Gasteiger charge is 2.24. The molecule has 194 valence electrons. The number of nitrogens with one attached hydrogen (secondary N) is 2. The van der Waals surface area contributed by atoms with E-state index in [2.05, 4.69) is 37.1 Å². The summed E-state index contributed by atoms with van der Waals surface area (Å²) in [5.74, 6) is 0.498. The van der Waals surface area contributed by atoms with Gasteiger partial charge in [-0.3, -0.25) is 9.78 Å². The number of likely N-dealkylation sites (tertiary alicyclic amines) is 1. The fourth-order valence-corrected chi connectivity index (χ4v) is 4.36. The predicted molar refractivity (Wildman–Crippen MR) is 144 cm³/mol. The number of fused-ring (bicyclic) bond motifs is 1. The van der Waals surface area contributed by atoms with Crippen molar-refractivity contribution in [1.82, 2.24) is 19.9 Å². The number of benzene rings is 2. The molecule has 1 fully saturated rings. The van der Waals surface area contributed by atoms with E-state index in [1.807, 2.05) is 7.05 Å². The van der Waals surface area contributed by atoms with Gasteiger partial charge in [0.2, 0.25) is 11.9 Å². The Kier molecular flexibility index (Phi) is 7.14. The SMILES string of the molecule is C=CC(=O)Nc1cc(Nc2ncc3ccnc(-c4cccc(F)c4)c3n2)c(OC)cc1OC1CCN(C)C1. The van der Waals surface area contributed by atoms with Crippen LogP contribution in [0.2, 0.25) is 0 Å². The number of nitrogens with zero attached hydrogens (tertiary/aromatic N) is 4. The summed E-state index contributed by atoms with van der Waals surface area (Å²) in [5.41, 5.74) is 2.66. The van der Waals surface area contributed by atoms with Crippen LogP contribution in [-0.2, 0) is 4.79 Å². The summed E-state index contributed by atoms with van der Waals surface area (Å²) in [6, 6.07) is 11.4. The van der Waals surface area contributed by atoms with Crippen LogP contribution in [0.1, 0.15) is 6.42 Å². The quantitative estimate of drug-likeness (QED) is 0.324. The molecule has 1 atom stereocenters. The van der Waals surface area contributed by atoms with Gasteiger partial charge in [0.05, 0.1) is 24.2 Å². The van der Waals surface area contributed by atoms with Gasteiger partial charge < -0.3 is 25.0 Å². The summed E-state index contributed by atoms with van der Waals surface area (Å²) >= 11 is 0. The second-order valence-corrected chi connectivity index (χ2v) is 8.96. The van der Waals surface area contributed by atoms with Crippen LogP contribution < -0.4 is 20.1 Å². The van der Waals surface area contributed by atoms with Crippen molar-refractivity contribution in [2.24, 2.45) is 0 Å². The minimum absolute atomic E-state index is 0.0135. The van der Waals surface area contributed by atoms with E-state index in [0.29, 0.717) is 39.6 Å². The van der Waals surface area contributed by atoms with Crippen molar-refractivity contribution in [3.05, 3.63) is 73.3 Å². The van der Waals surface area contributed by atoms with E-state index in [0.717, 1.165) is 24.9 Å². The molecule has 1 unspecified atom stereocenters. The monoisotopic (exact) mass is 514 g/mol. The Morgan fingerprint density at radius 3 is 2.79 bits per heavy atom. The number of carbonyl (C=O) groups excluding carboxylic acids is 1. The summed E-state index contributed by atoms with van der Waals surface area (Å²) in [7, 11) is 3.58. The van der Waals surface area contributed by atoms with Crippen LogP contribution in [0.15, 0.2) is 67.5 Å². The van der Waals surface area contributed by atoms with Gasteiger partial charge >= 0.3 is 0 Å². The van der Waals surface area contributed by atoms with Gasteiger partial charge in [-0.2, -0.15) is 0 Å². The lowest BCUT2D eigenvalue weighted by atomic mass is 10.1. The minimum atomic E-state index is -0.373. The Balaban J connectivity index is 1.52. The first-order valence-electron chi connectivity index (χ1n) is 12.1. The molecule has 10 heteroatoms. The number of halogens is 1. The minimum Gasteiger partial charge on any atom is -0.494 e. The average Bonchev–Trinajstić information content (AvgIpc) is 3.33. The Morgan fingerprint density at radius 1 is 1.18 bits per heavy atom. The van der Waals surface area contributed by atoms with E-state index in [9.17, 15) is 9.18 Å². The van der Waals surface area contributed by atoms with Gasteiger partial charge in [0.1, 0.15) is 28.9 Å². The lowest BCUT2D eigenvalue weighted by molar-refractivity contribution is -0.111. The smallest absolute Gasteiger partial charge is 0.247 e. The first kappa shape index (κ1) is 25.1. The molecule has 38 heavy (non-hydrogen) atoms. The van der Waals surface area contributed by atoms with Crippen molar-refractivity contribution in [2.45, 2.75) is 12.5 Å². The molecule has 0 saturated carbocycles. The van der Waals surface area contributed by atoms with E-state index >= 15 is 0 Å². The fraction of sp³-hybridized carbons (Fsp3) is 0.214. The number of aromatic nitrogens is 3. The number of ether oxygens (including phenoxy) is 2. The molecule has 2 aromatic heterocycles. The zero-order chi connectivity index (χ0) is 26.6. The van der Waals surface area contributed by atoms with Gasteiger partial charge in [-0.25, -0.2) is 14.4 Å². The molecule has 0 radical (unpaired) electrons. The molecule has 1 aliphatic heterocycles. The normalized spacial score (nSPS) is 15.3. The lowest BCUT2D eigenvalue weighted by Gasteiger charge is -2.20. The molecule has 2 N–H and O–H groups in total. The van der Waals surface area contributed by atoms with Gasteiger partial charge in [-0.1, -0.05) is 18.7 Å². The van der Waals surface area contributed by atoms with E-state index in [1.165, 1.54) is 18.2 Å². The molecular weight excluding hydrogens is 487 g/mol. The zero-order valence-corrected chi connectivity index (χ0v) is 21.1. The molecule has 0 spiro atoms. The molecule has 0 aliphatic carbocycles. The van der Waals surface area contributed by atoms with Gasteiger partial charge in [0.25, 0.3) is 0 Å². The summed E-state index contributed by atoms with van der Waals surface area (Å²) in [5, 5.41) is 6.74. The van der Waals surface area contributed by atoms with E-state index in [1.54, 1.807) is 49.8 Å². The number of carbonyl (C=O) groups is 1. The number of amides is 1. The highest BCUT2D eigenvalue weighted by atomic mass is 19.1. The van der Waals surface area contributed by atoms with Crippen LogP contribution in [0.5, 0.6) is 11.5 Å². The Bertz CT molecular complexity index is 1510. The van der Waals surface area contributed by atoms with Crippen molar-refractivity contribution in [3.8, 4) is 22.8 Å². The number of methoxy groups -OCH3 is 1. The number of anilines is 3. The Morgan fingerprint density at radius 2 is 2.05 bits per heavy atom. The van der Waals surface area contributed by atoms with Crippen LogP contribution in [0, 0.1) is 5.82 Å². The van der Waals surface area contributed by atoms with E-state index in [-0.39, 0.29) is 23.8 Å². The Hall–Kier alpha value is -4.57. The van der Waals surface area contributed by atoms with Crippen LogP contribution >= 0.6 is 0 Å². The van der Waals surface area contributed by atoms with Gasteiger partial charge in [0, 0.05) is 42.5 Å². The molecule has 4 aromatic rings. The third-order valence-corrected chi connectivity index (χ3v) is 6.23. The zero-order valence-electron chi connectivity index (χ0n) is 21.1. The summed E-state index contributed by atoms with van der Waals surface area (Å²) < 4.78 is 25.8. The van der Waals surface area contributed by atoms with Crippen molar-refractivity contribution in [2.75, 3.05) is 37.9 Å². The largest absolute Gasteiger partial charge is 0.494 e. The third-order valence-electron chi connectivity index (χ3n) is 6.23. The van der Waals surface area contributed by atoms with Crippen LogP contribution in [-0.4, -0.2) is 59.1 Å². The lowest BCUT2D eigenvalue weighted by Crippen LogP contribution is -2.22. The van der Waals surface area contributed by atoms with Crippen LogP contribution in [0.3, 0.4) is 0 Å². The number of hydrogen-bond acceptors (Lipinski definition) is 8. The summed E-state index contributed by atoms with van der Waals surface area (Å²) in [6.07, 6.45) is 5.35. The first-order valence-corrected chi connectivity index (χ1v) is 12.1. The second kappa shape index (κ2) is 10.8. The predicted octanol–water partition coefficient (Wildman–Crippen LogP) is 4.79. The van der Waals surface area contributed by atoms with Gasteiger partial charge in [-0.05, 0) is 43.8 Å². The Labute approximate surface area is 219 Å². The molecular formula is C28H27FN6O3. The maximum absolute atomic E-state index is 13.9. The third kappa shape index (κ3) is 5.40. The summed E-state index contributed by atoms with van der Waals surface area (Å²) in [4.78, 5) is 27.9. The second-order valence-electron chi connectivity index (χ2n) is 8.96. The first-order chi connectivity index (χ1) is 18.4. The molecule has 9 nitrogen and oxygen atoms in total. The highest BCUT2D eigenvalue weighted by Crippen LogP contribution is 2.39. The molecule has 0 bridgehead atoms. The van der Waals surface area contributed by atoms with Gasteiger partial charge in [0.15, 0.2) is 0 Å². The molecule has 2 aromatic carbocycles. The fourth-order valence-electron chi connectivity index (χ4n) is 4.36. The standard InChI is InChI=1S/C28H27FN6O3/c1-4-25(36)32-22-13-21(23(37-3)14-24(22)38-20-9-11-35(2)16-20)33-28-31-15-18-8-10-30-26(27(18)34-28)17-6-5-7-19(29)12-17/h4-8,10,12-15,20H,1,9,11,16H2,2-3H3,(H,32,36)(H,31,33,34).